The van der Waals surface area contributed by atoms with E-state index in [0.717, 1.165) is 5.92 Å². The molecular weight excluding hydrogens is 192 g/mol. The normalized spacial score (nSPS) is 14.1. The highest BCUT2D eigenvalue weighted by atomic mass is 14.1. The molecule has 0 aliphatic heterocycles. The van der Waals surface area contributed by atoms with Crippen LogP contribution >= 0.6 is 0 Å². The zero-order chi connectivity index (χ0) is 12.2. The minimum Gasteiger partial charge on any atom is -0.0854 e. The first-order valence-corrected chi connectivity index (χ1v) is 7.39. The van der Waals surface area contributed by atoms with Crippen molar-refractivity contribution in [2.75, 3.05) is 0 Å². The fourth-order valence-corrected chi connectivity index (χ4v) is 2.03. The van der Waals surface area contributed by atoms with Crippen molar-refractivity contribution in [3.05, 3.63) is 11.6 Å². The lowest BCUT2D eigenvalue weighted by atomic mass is 9.94. The minimum absolute atomic E-state index is 0.803. The Labute approximate surface area is 104 Å². The first-order valence-electron chi connectivity index (χ1n) is 7.39. The van der Waals surface area contributed by atoms with Crippen molar-refractivity contribution >= 4 is 0 Å². The molecular formula is C16H32. The van der Waals surface area contributed by atoms with Crippen LogP contribution in [-0.2, 0) is 0 Å². The van der Waals surface area contributed by atoms with Crippen LogP contribution in [-0.4, -0.2) is 0 Å². The van der Waals surface area contributed by atoms with Crippen molar-refractivity contribution < 1.29 is 0 Å². The van der Waals surface area contributed by atoms with Gasteiger partial charge in [-0.3, -0.25) is 0 Å². The van der Waals surface area contributed by atoms with E-state index in [1.54, 1.807) is 5.57 Å². The Morgan fingerprint density at radius 1 is 0.938 bits per heavy atom. The molecule has 0 aromatic carbocycles. The van der Waals surface area contributed by atoms with E-state index in [0.29, 0.717) is 0 Å². The first-order chi connectivity index (χ1) is 7.72. The molecule has 0 spiro atoms. The summed E-state index contributed by atoms with van der Waals surface area (Å²) >= 11 is 0. The number of unbranched alkanes of at least 4 members (excludes halogenated alkanes) is 6. The van der Waals surface area contributed by atoms with Crippen molar-refractivity contribution in [1.29, 1.82) is 0 Å². The van der Waals surface area contributed by atoms with Gasteiger partial charge in [-0.15, -0.1) is 0 Å². The Kier molecular flexibility index (Phi) is 11.0. The molecule has 0 heterocycles. The lowest BCUT2D eigenvalue weighted by Crippen LogP contribution is -1.96. The summed E-state index contributed by atoms with van der Waals surface area (Å²) in [5, 5.41) is 0. The topological polar surface area (TPSA) is 0 Å². The second kappa shape index (κ2) is 11.2. The van der Waals surface area contributed by atoms with Gasteiger partial charge in [-0.2, -0.15) is 0 Å². The lowest BCUT2D eigenvalue weighted by Gasteiger charge is -2.12. The first kappa shape index (κ1) is 15.7. The molecule has 96 valence electrons. The third-order valence-corrected chi connectivity index (χ3v) is 3.52. The molecule has 0 heteroatoms. The summed E-state index contributed by atoms with van der Waals surface area (Å²) in [5.41, 5.74) is 1.61. The number of rotatable bonds is 10. The Morgan fingerprint density at radius 3 is 2.19 bits per heavy atom. The molecule has 0 aliphatic carbocycles. The highest BCUT2D eigenvalue weighted by Gasteiger charge is 2.03. The summed E-state index contributed by atoms with van der Waals surface area (Å²) in [4.78, 5) is 0. The Balaban J connectivity index is 3.45. The van der Waals surface area contributed by atoms with Crippen molar-refractivity contribution in [3.8, 4) is 0 Å². The Hall–Kier alpha value is -0.260. The Bertz CT molecular complexity index is 167. The molecule has 16 heavy (non-hydrogen) atoms. The van der Waals surface area contributed by atoms with E-state index in [2.05, 4.69) is 33.8 Å². The molecule has 0 N–H and O–H groups in total. The summed E-state index contributed by atoms with van der Waals surface area (Å²) in [6.07, 6.45) is 14.9. The Morgan fingerprint density at radius 2 is 1.56 bits per heavy atom. The molecule has 0 saturated carbocycles. The van der Waals surface area contributed by atoms with Crippen LogP contribution in [0, 0.1) is 5.92 Å². The van der Waals surface area contributed by atoms with Crippen LogP contribution in [0.15, 0.2) is 11.6 Å². The van der Waals surface area contributed by atoms with Gasteiger partial charge in [-0.25, -0.2) is 0 Å². The van der Waals surface area contributed by atoms with Gasteiger partial charge in [0.2, 0.25) is 0 Å². The van der Waals surface area contributed by atoms with E-state index >= 15 is 0 Å². The number of hydrogen-bond acceptors (Lipinski definition) is 0. The largest absolute Gasteiger partial charge is 0.0854 e. The summed E-state index contributed by atoms with van der Waals surface area (Å²) in [6, 6.07) is 0. The zero-order valence-electron chi connectivity index (χ0n) is 12.0. The summed E-state index contributed by atoms with van der Waals surface area (Å²) < 4.78 is 0. The third kappa shape index (κ3) is 9.00. The molecule has 0 saturated heterocycles. The van der Waals surface area contributed by atoms with E-state index in [-0.39, 0.29) is 0 Å². The van der Waals surface area contributed by atoms with E-state index in [1.807, 2.05) is 0 Å². The fourth-order valence-electron chi connectivity index (χ4n) is 2.03. The van der Waals surface area contributed by atoms with Crippen LogP contribution in [0.5, 0.6) is 0 Å². The van der Waals surface area contributed by atoms with E-state index < -0.39 is 0 Å². The second-order valence-electron chi connectivity index (χ2n) is 5.19. The molecule has 0 nitrogen and oxygen atoms in total. The van der Waals surface area contributed by atoms with Crippen LogP contribution in [0.25, 0.3) is 0 Å². The van der Waals surface area contributed by atoms with Crippen LogP contribution in [0.3, 0.4) is 0 Å². The molecule has 0 bridgehead atoms. The van der Waals surface area contributed by atoms with Gasteiger partial charge in [0.25, 0.3) is 0 Å². The molecule has 1 atom stereocenters. The standard InChI is InChI=1S/C16H32/c1-5-7-9-10-11-12-14-16(4)15(3)13-8-6-2/h13,16H,5-12,14H2,1-4H3. The summed E-state index contributed by atoms with van der Waals surface area (Å²) in [6.45, 7) is 9.22. The molecule has 0 aromatic heterocycles. The zero-order valence-corrected chi connectivity index (χ0v) is 12.0. The number of allylic oxidation sites excluding steroid dienone is 2. The van der Waals surface area contributed by atoms with Crippen molar-refractivity contribution in [1.82, 2.24) is 0 Å². The van der Waals surface area contributed by atoms with Crippen LogP contribution < -0.4 is 0 Å². The average Bonchev–Trinajstić information content (AvgIpc) is 2.30. The van der Waals surface area contributed by atoms with Gasteiger partial charge in [-0.05, 0) is 25.7 Å². The van der Waals surface area contributed by atoms with Crippen LogP contribution in [0.2, 0.25) is 0 Å². The fraction of sp³-hybridized carbons (Fsp3) is 0.875. The van der Waals surface area contributed by atoms with Crippen molar-refractivity contribution in [2.45, 2.75) is 85.5 Å². The molecule has 0 aliphatic rings. The van der Waals surface area contributed by atoms with Gasteiger partial charge in [0.05, 0.1) is 0 Å². The average molecular weight is 224 g/mol. The maximum atomic E-state index is 2.43. The summed E-state index contributed by atoms with van der Waals surface area (Å²) in [7, 11) is 0. The lowest BCUT2D eigenvalue weighted by molar-refractivity contribution is 0.527. The third-order valence-electron chi connectivity index (χ3n) is 3.52. The smallest absolute Gasteiger partial charge is 0.0234 e. The molecule has 0 fully saturated rings. The van der Waals surface area contributed by atoms with Gasteiger partial charge >= 0.3 is 0 Å². The molecule has 0 rings (SSSR count). The van der Waals surface area contributed by atoms with E-state index in [4.69, 9.17) is 0 Å². The van der Waals surface area contributed by atoms with Crippen LogP contribution in [0.1, 0.15) is 85.5 Å². The summed E-state index contributed by atoms with van der Waals surface area (Å²) in [5.74, 6) is 0.803. The van der Waals surface area contributed by atoms with Gasteiger partial charge in [0.15, 0.2) is 0 Å². The quantitative estimate of drug-likeness (QED) is 0.310. The van der Waals surface area contributed by atoms with Crippen molar-refractivity contribution in [2.24, 2.45) is 5.92 Å². The predicted octanol–water partition coefficient (Wildman–Crippen LogP) is 6.12. The van der Waals surface area contributed by atoms with E-state index in [1.165, 1.54) is 57.8 Å². The maximum absolute atomic E-state index is 2.43. The second-order valence-corrected chi connectivity index (χ2v) is 5.19. The molecule has 0 radical (unpaired) electrons. The minimum atomic E-state index is 0.803. The van der Waals surface area contributed by atoms with Gasteiger partial charge in [-0.1, -0.05) is 77.4 Å². The monoisotopic (exact) mass is 224 g/mol. The van der Waals surface area contributed by atoms with Crippen LogP contribution in [0.4, 0.5) is 0 Å². The van der Waals surface area contributed by atoms with Gasteiger partial charge < -0.3 is 0 Å². The highest BCUT2D eigenvalue weighted by molar-refractivity contribution is 5.01. The van der Waals surface area contributed by atoms with Gasteiger partial charge in [0, 0.05) is 0 Å². The van der Waals surface area contributed by atoms with Gasteiger partial charge in [0.1, 0.15) is 0 Å². The predicted molar refractivity (Wildman–Crippen MR) is 75.8 cm³/mol. The molecule has 0 aromatic rings. The number of hydrogen-bond donors (Lipinski definition) is 0. The molecule has 1 unspecified atom stereocenters. The van der Waals surface area contributed by atoms with E-state index in [9.17, 15) is 0 Å². The molecule has 0 amide bonds. The maximum Gasteiger partial charge on any atom is -0.0234 e. The SMILES string of the molecule is CCCC=C(C)C(C)CCCCCCCC. The highest BCUT2D eigenvalue weighted by Crippen LogP contribution is 2.19. The van der Waals surface area contributed by atoms with Crippen molar-refractivity contribution in [3.63, 3.8) is 0 Å².